The van der Waals surface area contributed by atoms with Gasteiger partial charge in [0, 0.05) is 11.4 Å². The minimum Gasteiger partial charge on any atom is -0.454 e. The van der Waals surface area contributed by atoms with Crippen LogP contribution in [0.4, 0.5) is 5.69 Å². The maximum atomic E-state index is 12.3. The number of benzene rings is 1. The number of hydrogen-bond donors (Lipinski definition) is 1. The number of unbranched alkanes of at least 4 members (excludes halogenated alkanes) is 1. The number of para-hydroxylation sites is 1. The van der Waals surface area contributed by atoms with E-state index in [0.29, 0.717) is 24.6 Å². The van der Waals surface area contributed by atoms with E-state index >= 15 is 0 Å². The molecule has 1 aliphatic heterocycles. The summed E-state index contributed by atoms with van der Waals surface area (Å²) in [6, 6.07) is 11.2. The summed E-state index contributed by atoms with van der Waals surface area (Å²) >= 11 is 1.55. The molecule has 0 bridgehead atoms. The van der Waals surface area contributed by atoms with Gasteiger partial charge in [0.15, 0.2) is 5.76 Å². The van der Waals surface area contributed by atoms with E-state index in [1.807, 2.05) is 24.3 Å². The lowest BCUT2D eigenvalue weighted by molar-refractivity contribution is -0.116. The fourth-order valence-corrected chi connectivity index (χ4v) is 3.47. The smallest absolute Gasteiger partial charge is 0.286 e. The summed E-state index contributed by atoms with van der Waals surface area (Å²) in [7, 11) is 0. The third-order valence-electron chi connectivity index (χ3n) is 3.82. The molecule has 0 spiro atoms. The largest absolute Gasteiger partial charge is 0.454 e. The Morgan fingerprint density at radius 2 is 2.12 bits per heavy atom. The van der Waals surface area contributed by atoms with Gasteiger partial charge in [0.25, 0.3) is 5.91 Å². The maximum absolute atomic E-state index is 12.3. The molecule has 1 aliphatic rings. The van der Waals surface area contributed by atoms with E-state index in [1.54, 1.807) is 28.8 Å². The number of nitrogens with zero attached hydrogens (tertiary/aromatic N) is 1. The molecule has 24 heavy (non-hydrogen) atoms. The zero-order chi connectivity index (χ0) is 16.9. The molecule has 0 aliphatic carbocycles. The first-order valence-corrected chi connectivity index (χ1v) is 9.06. The number of nitrogens with one attached hydrogen (secondary N) is 1. The van der Waals surface area contributed by atoms with Crippen molar-refractivity contribution >= 4 is 29.3 Å². The SMILES string of the molecule is CCCCNC(=O)c1ccc(CN2C(=O)CSc3ccccc32)o1. The Labute approximate surface area is 145 Å². The number of hydrogen-bond acceptors (Lipinski definition) is 4. The zero-order valence-electron chi connectivity index (χ0n) is 13.6. The van der Waals surface area contributed by atoms with Crippen LogP contribution in [0.1, 0.15) is 36.1 Å². The van der Waals surface area contributed by atoms with Gasteiger partial charge >= 0.3 is 0 Å². The van der Waals surface area contributed by atoms with Crippen molar-refractivity contribution in [1.29, 1.82) is 0 Å². The summed E-state index contributed by atoms with van der Waals surface area (Å²) in [4.78, 5) is 27.1. The van der Waals surface area contributed by atoms with Crippen molar-refractivity contribution in [2.45, 2.75) is 31.2 Å². The van der Waals surface area contributed by atoms with Crippen LogP contribution in [0.15, 0.2) is 45.7 Å². The Balaban J connectivity index is 1.71. The van der Waals surface area contributed by atoms with E-state index in [4.69, 9.17) is 4.42 Å². The highest BCUT2D eigenvalue weighted by Crippen LogP contribution is 2.35. The van der Waals surface area contributed by atoms with Crippen LogP contribution in [0.5, 0.6) is 0 Å². The molecular weight excluding hydrogens is 324 g/mol. The van der Waals surface area contributed by atoms with Crippen molar-refractivity contribution in [1.82, 2.24) is 5.32 Å². The minimum absolute atomic E-state index is 0.0454. The van der Waals surface area contributed by atoms with E-state index in [-0.39, 0.29) is 17.6 Å². The molecule has 1 aromatic carbocycles. The van der Waals surface area contributed by atoms with Crippen molar-refractivity contribution in [3.63, 3.8) is 0 Å². The van der Waals surface area contributed by atoms with Gasteiger partial charge in [-0.2, -0.15) is 0 Å². The predicted octanol–water partition coefficient (Wildman–Crippen LogP) is 3.45. The number of carbonyl (C=O) groups is 2. The molecule has 0 saturated heterocycles. The minimum atomic E-state index is -0.212. The Kier molecular flexibility index (Phi) is 5.25. The van der Waals surface area contributed by atoms with E-state index in [9.17, 15) is 9.59 Å². The van der Waals surface area contributed by atoms with E-state index in [1.165, 1.54) is 0 Å². The number of fused-ring (bicyclic) bond motifs is 1. The van der Waals surface area contributed by atoms with E-state index in [2.05, 4.69) is 12.2 Å². The summed E-state index contributed by atoms with van der Waals surface area (Å²) in [6.45, 7) is 3.04. The average molecular weight is 344 g/mol. The molecule has 2 amide bonds. The highest BCUT2D eigenvalue weighted by atomic mass is 32.2. The predicted molar refractivity (Wildman–Crippen MR) is 94.3 cm³/mol. The van der Waals surface area contributed by atoms with Gasteiger partial charge in [-0.25, -0.2) is 0 Å². The quantitative estimate of drug-likeness (QED) is 0.815. The monoisotopic (exact) mass is 344 g/mol. The second-order valence-corrected chi connectivity index (χ2v) is 6.63. The van der Waals surface area contributed by atoms with Crippen LogP contribution < -0.4 is 10.2 Å². The topological polar surface area (TPSA) is 62.6 Å². The number of furan rings is 1. The van der Waals surface area contributed by atoms with Gasteiger partial charge in [-0.05, 0) is 30.7 Å². The third-order valence-corrected chi connectivity index (χ3v) is 4.87. The van der Waals surface area contributed by atoms with Crippen molar-refractivity contribution < 1.29 is 14.0 Å². The molecule has 1 aromatic heterocycles. The van der Waals surface area contributed by atoms with Crippen LogP contribution in [0.3, 0.4) is 0 Å². The van der Waals surface area contributed by atoms with Crippen LogP contribution in [0.2, 0.25) is 0 Å². The molecule has 5 nitrogen and oxygen atoms in total. The molecule has 2 aromatic rings. The zero-order valence-corrected chi connectivity index (χ0v) is 14.4. The van der Waals surface area contributed by atoms with Gasteiger partial charge in [0.05, 0.1) is 18.0 Å². The lowest BCUT2D eigenvalue weighted by Crippen LogP contribution is -2.34. The van der Waals surface area contributed by atoms with Crippen LogP contribution >= 0.6 is 11.8 Å². The summed E-state index contributed by atoms with van der Waals surface area (Å²) in [5, 5.41) is 2.82. The first-order chi connectivity index (χ1) is 11.7. The van der Waals surface area contributed by atoms with Gasteiger partial charge in [0.1, 0.15) is 5.76 Å². The van der Waals surface area contributed by atoms with Crippen molar-refractivity contribution in [3.05, 3.63) is 47.9 Å². The summed E-state index contributed by atoms with van der Waals surface area (Å²) in [6.07, 6.45) is 1.97. The highest BCUT2D eigenvalue weighted by molar-refractivity contribution is 8.00. The maximum Gasteiger partial charge on any atom is 0.286 e. The number of thioether (sulfide) groups is 1. The van der Waals surface area contributed by atoms with Gasteiger partial charge in [-0.15, -0.1) is 11.8 Å². The number of amides is 2. The van der Waals surface area contributed by atoms with Crippen LogP contribution in [-0.4, -0.2) is 24.1 Å². The number of carbonyl (C=O) groups excluding carboxylic acids is 2. The Morgan fingerprint density at radius 3 is 2.96 bits per heavy atom. The lowest BCUT2D eigenvalue weighted by atomic mass is 10.2. The third kappa shape index (κ3) is 3.64. The summed E-state index contributed by atoms with van der Waals surface area (Å²) in [5.74, 6) is 1.14. The molecule has 1 N–H and O–H groups in total. The lowest BCUT2D eigenvalue weighted by Gasteiger charge is -2.28. The first kappa shape index (κ1) is 16.6. The Bertz CT molecular complexity index is 741. The van der Waals surface area contributed by atoms with Crippen LogP contribution in [0.25, 0.3) is 0 Å². The molecule has 0 fully saturated rings. The molecule has 0 saturated carbocycles. The van der Waals surface area contributed by atoms with Gasteiger partial charge in [-0.1, -0.05) is 25.5 Å². The van der Waals surface area contributed by atoms with Crippen molar-refractivity contribution in [3.8, 4) is 0 Å². The van der Waals surface area contributed by atoms with Crippen molar-refractivity contribution in [2.75, 3.05) is 17.2 Å². The molecule has 2 heterocycles. The standard InChI is InChI=1S/C18H20N2O3S/c1-2-3-10-19-18(22)15-9-8-13(23-15)11-20-14-6-4-5-7-16(14)24-12-17(20)21/h4-9H,2-3,10-12H2,1H3,(H,19,22). The van der Waals surface area contributed by atoms with E-state index < -0.39 is 0 Å². The number of anilines is 1. The Hall–Kier alpha value is -2.21. The fraction of sp³-hybridized carbons (Fsp3) is 0.333. The van der Waals surface area contributed by atoms with Crippen molar-refractivity contribution in [2.24, 2.45) is 0 Å². The van der Waals surface area contributed by atoms with Gasteiger partial charge in [-0.3, -0.25) is 9.59 Å². The molecule has 0 atom stereocenters. The molecule has 3 rings (SSSR count). The van der Waals surface area contributed by atoms with E-state index in [0.717, 1.165) is 23.4 Å². The molecule has 6 heteroatoms. The fourth-order valence-electron chi connectivity index (χ4n) is 2.53. The first-order valence-electron chi connectivity index (χ1n) is 8.08. The second kappa shape index (κ2) is 7.57. The summed E-state index contributed by atoms with van der Waals surface area (Å²) in [5.41, 5.74) is 0.893. The molecule has 0 radical (unpaired) electrons. The second-order valence-electron chi connectivity index (χ2n) is 5.61. The highest BCUT2D eigenvalue weighted by Gasteiger charge is 2.25. The number of rotatable bonds is 6. The van der Waals surface area contributed by atoms with Gasteiger partial charge in [0.2, 0.25) is 5.91 Å². The molecule has 0 unspecified atom stereocenters. The van der Waals surface area contributed by atoms with Crippen LogP contribution in [-0.2, 0) is 11.3 Å². The molecular formula is C18H20N2O3S. The normalized spacial score (nSPS) is 13.7. The molecule has 126 valence electrons. The van der Waals surface area contributed by atoms with Gasteiger partial charge < -0.3 is 14.6 Å². The van der Waals surface area contributed by atoms with Crippen LogP contribution in [0, 0.1) is 0 Å². The summed E-state index contributed by atoms with van der Waals surface area (Å²) < 4.78 is 5.63. The Morgan fingerprint density at radius 1 is 1.29 bits per heavy atom. The average Bonchev–Trinajstić information content (AvgIpc) is 3.06.